The summed E-state index contributed by atoms with van der Waals surface area (Å²) >= 11 is 0. The monoisotopic (exact) mass is 328 g/mol. The molecule has 2 aromatic rings. The molecule has 0 bridgehead atoms. The van der Waals surface area contributed by atoms with Crippen LogP contribution in [-0.4, -0.2) is 33.7 Å². The fourth-order valence-electron chi connectivity index (χ4n) is 2.41. The molecule has 3 rings (SSSR count). The first-order valence-electron chi connectivity index (χ1n) is 6.70. The number of rotatable bonds is 2. The number of carbonyl (C=O) groups excluding carboxylic acids is 1. The van der Waals surface area contributed by atoms with Crippen molar-refractivity contribution >= 4 is 5.91 Å². The van der Waals surface area contributed by atoms with Crippen LogP contribution in [0.3, 0.4) is 0 Å². The quantitative estimate of drug-likeness (QED) is 0.898. The smallest absolute Gasteiger partial charge is 0.405 e. The van der Waals surface area contributed by atoms with Gasteiger partial charge in [0.25, 0.3) is 5.91 Å². The fraction of sp³-hybridized carbons (Fsp3) is 0.308. The van der Waals surface area contributed by atoms with Crippen molar-refractivity contribution in [3.63, 3.8) is 0 Å². The zero-order valence-electron chi connectivity index (χ0n) is 11.6. The van der Waals surface area contributed by atoms with Crippen LogP contribution in [0.2, 0.25) is 0 Å². The van der Waals surface area contributed by atoms with Gasteiger partial charge in [-0.2, -0.15) is 9.77 Å². The Kier molecular flexibility index (Phi) is 3.58. The van der Waals surface area contributed by atoms with Crippen molar-refractivity contribution in [3.8, 4) is 5.75 Å². The first-order chi connectivity index (χ1) is 10.9. The van der Waals surface area contributed by atoms with E-state index in [4.69, 9.17) is 0 Å². The highest BCUT2D eigenvalue weighted by Gasteiger charge is 2.34. The zero-order chi connectivity index (χ0) is 16.6. The summed E-state index contributed by atoms with van der Waals surface area (Å²) in [6.07, 6.45) is -3.89. The molecule has 0 saturated heterocycles. The normalized spacial score (nSPS) is 14.5. The van der Waals surface area contributed by atoms with E-state index in [0.29, 0.717) is 18.7 Å². The third-order valence-corrected chi connectivity index (χ3v) is 3.31. The summed E-state index contributed by atoms with van der Waals surface area (Å²) in [4.78, 5) is 24.4. The number of amides is 1. The van der Waals surface area contributed by atoms with E-state index in [0.717, 1.165) is 15.8 Å². The number of hydrogen-bond donors (Lipinski definition) is 1. The highest BCUT2D eigenvalue weighted by atomic mass is 19.4. The molecule has 1 N–H and O–H groups in total. The molecule has 0 spiro atoms. The number of nitrogens with one attached hydrogen (secondary N) is 1. The van der Waals surface area contributed by atoms with Crippen molar-refractivity contribution in [3.05, 3.63) is 46.1 Å². The predicted molar refractivity (Wildman–Crippen MR) is 71.7 cm³/mol. The maximum Gasteiger partial charge on any atom is 0.573 e. The molecule has 122 valence electrons. The van der Waals surface area contributed by atoms with Crippen molar-refractivity contribution < 1.29 is 22.7 Å². The lowest BCUT2D eigenvalue weighted by atomic mass is 10.1. The number of carbonyl (C=O) groups is 1. The summed E-state index contributed by atoms with van der Waals surface area (Å²) < 4.78 is 42.3. The number of benzene rings is 1. The molecule has 23 heavy (non-hydrogen) atoms. The minimum absolute atomic E-state index is 0.186. The third-order valence-electron chi connectivity index (χ3n) is 3.31. The molecule has 0 atom stereocenters. The minimum Gasteiger partial charge on any atom is -0.405 e. The van der Waals surface area contributed by atoms with Gasteiger partial charge >= 0.3 is 12.1 Å². The molecule has 0 radical (unpaired) electrons. The Morgan fingerprint density at radius 1 is 1.30 bits per heavy atom. The topological polar surface area (TPSA) is 80.2 Å². The highest BCUT2D eigenvalue weighted by Crippen LogP contribution is 2.27. The number of aromatic amines is 1. The summed E-state index contributed by atoms with van der Waals surface area (Å²) in [5, 5.41) is 7.06. The van der Waals surface area contributed by atoms with E-state index in [9.17, 15) is 22.8 Å². The second-order valence-electron chi connectivity index (χ2n) is 4.83. The molecule has 0 saturated carbocycles. The Balaban J connectivity index is 1.99. The van der Waals surface area contributed by atoms with E-state index in [1.165, 1.54) is 18.2 Å². The molecular weight excluding hydrogens is 317 g/mol. The van der Waals surface area contributed by atoms with Gasteiger partial charge in [-0.25, -0.2) is 14.9 Å². The van der Waals surface area contributed by atoms with Gasteiger partial charge in [-0.1, -0.05) is 12.1 Å². The molecule has 1 aliphatic rings. The number of fused-ring (bicyclic) bond motifs is 1. The van der Waals surface area contributed by atoms with Gasteiger partial charge in [-0.3, -0.25) is 4.79 Å². The molecule has 0 aliphatic carbocycles. The van der Waals surface area contributed by atoms with Crippen LogP contribution in [-0.2, 0) is 6.42 Å². The number of H-pyrrole nitrogens is 1. The average molecular weight is 328 g/mol. The van der Waals surface area contributed by atoms with Crippen LogP contribution in [0.4, 0.5) is 13.2 Å². The molecular formula is C13H11F3N4O3. The minimum atomic E-state index is -4.92. The lowest BCUT2D eigenvalue weighted by Gasteiger charge is -2.27. The standard InChI is InChI=1S/C13H11F3N4O3/c14-13(15,16)23-9-5-2-1-4-8(9)11(21)19-7-3-6-10-17-18-12(22)20(10)19/h1-2,4-5H,3,6-7H2,(H,18,22). The molecule has 2 heterocycles. The lowest BCUT2D eigenvalue weighted by molar-refractivity contribution is -0.274. The second-order valence-corrected chi connectivity index (χ2v) is 4.83. The Morgan fingerprint density at radius 2 is 2.04 bits per heavy atom. The Hall–Kier alpha value is -2.78. The van der Waals surface area contributed by atoms with Crippen LogP contribution in [0, 0.1) is 0 Å². The summed E-state index contributed by atoms with van der Waals surface area (Å²) in [5.74, 6) is -1.04. The van der Waals surface area contributed by atoms with Gasteiger partial charge < -0.3 is 4.74 Å². The van der Waals surface area contributed by atoms with Crippen molar-refractivity contribution in [2.24, 2.45) is 0 Å². The van der Waals surface area contributed by atoms with Gasteiger partial charge in [0.15, 0.2) is 5.82 Å². The summed E-state index contributed by atoms with van der Waals surface area (Å²) in [6.45, 7) is 0.186. The molecule has 1 aliphatic heterocycles. The Morgan fingerprint density at radius 3 is 2.78 bits per heavy atom. The number of nitrogens with zero attached hydrogens (tertiary/aromatic N) is 3. The van der Waals surface area contributed by atoms with E-state index >= 15 is 0 Å². The van der Waals surface area contributed by atoms with Gasteiger partial charge in [-0.05, 0) is 18.6 Å². The van der Waals surface area contributed by atoms with E-state index in [-0.39, 0.29) is 12.1 Å². The predicted octanol–water partition coefficient (Wildman–Crippen LogP) is 1.19. The molecule has 1 aromatic heterocycles. The van der Waals surface area contributed by atoms with Crippen LogP contribution >= 0.6 is 0 Å². The van der Waals surface area contributed by atoms with Gasteiger partial charge in [0, 0.05) is 13.0 Å². The number of alkyl halides is 3. The van der Waals surface area contributed by atoms with E-state index in [1.807, 2.05) is 0 Å². The lowest BCUT2D eigenvalue weighted by Crippen LogP contribution is -2.49. The number of halogens is 3. The summed E-state index contributed by atoms with van der Waals surface area (Å²) in [7, 11) is 0. The third kappa shape index (κ3) is 2.91. The number of aromatic nitrogens is 3. The molecule has 0 unspecified atom stereocenters. The first-order valence-corrected chi connectivity index (χ1v) is 6.70. The molecule has 1 amide bonds. The number of hydrogen-bond acceptors (Lipinski definition) is 4. The number of para-hydroxylation sites is 1. The zero-order valence-corrected chi connectivity index (χ0v) is 11.6. The van der Waals surface area contributed by atoms with E-state index in [2.05, 4.69) is 14.9 Å². The van der Waals surface area contributed by atoms with Crippen molar-refractivity contribution in [1.82, 2.24) is 14.9 Å². The van der Waals surface area contributed by atoms with Crippen LogP contribution in [0.5, 0.6) is 5.75 Å². The average Bonchev–Trinajstić information content (AvgIpc) is 2.87. The first kappa shape index (κ1) is 15.1. The van der Waals surface area contributed by atoms with Gasteiger partial charge in [0.1, 0.15) is 5.75 Å². The molecule has 7 nitrogen and oxygen atoms in total. The van der Waals surface area contributed by atoms with Gasteiger partial charge in [-0.15, -0.1) is 13.2 Å². The van der Waals surface area contributed by atoms with Gasteiger partial charge in [0.05, 0.1) is 5.56 Å². The Bertz CT molecular complexity index is 796. The number of aryl methyl sites for hydroxylation is 1. The van der Waals surface area contributed by atoms with Crippen molar-refractivity contribution in [1.29, 1.82) is 0 Å². The highest BCUT2D eigenvalue weighted by molar-refractivity contribution is 6.03. The molecule has 0 fully saturated rings. The van der Waals surface area contributed by atoms with Gasteiger partial charge in [0.2, 0.25) is 0 Å². The Labute approximate surface area is 127 Å². The van der Waals surface area contributed by atoms with Crippen LogP contribution in [0.15, 0.2) is 29.1 Å². The van der Waals surface area contributed by atoms with Crippen LogP contribution in [0.1, 0.15) is 22.6 Å². The summed E-state index contributed by atoms with van der Waals surface area (Å²) in [5.41, 5.74) is -0.909. The van der Waals surface area contributed by atoms with Crippen molar-refractivity contribution in [2.45, 2.75) is 19.2 Å². The fourth-order valence-corrected chi connectivity index (χ4v) is 2.41. The maximum atomic E-state index is 12.6. The van der Waals surface area contributed by atoms with E-state index in [1.54, 1.807) is 0 Å². The summed E-state index contributed by atoms with van der Waals surface area (Å²) in [6, 6.07) is 5.00. The van der Waals surface area contributed by atoms with Crippen LogP contribution in [0.25, 0.3) is 0 Å². The van der Waals surface area contributed by atoms with Crippen molar-refractivity contribution in [2.75, 3.05) is 11.6 Å². The van der Waals surface area contributed by atoms with Crippen LogP contribution < -0.4 is 15.4 Å². The largest absolute Gasteiger partial charge is 0.573 e. The molecule has 1 aromatic carbocycles. The maximum absolute atomic E-state index is 12.6. The molecule has 10 heteroatoms. The number of ether oxygens (including phenoxy) is 1. The SMILES string of the molecule is O=C(c1ccccc1OC(F)(F)F)N1CCCc2n[nH]c(=O)n21. The second kappa shape index (κ2) is 5.45. The van der Waals surface area contributed by atoms with E-state index < -0.39 is 23.7 Å².